The summed E-state index contributed by atoms with van der Waals surface area (Å²) in [5, 5.41) is 1.95. The SMILES string of the molecule is NN1C=C(Br)N=C(Cl)C1. The summed E-state index contributed by atoms with van der Waals surface area (Å²) < 4.78 is 0.654. The molecule has 0 bridgehead atoms. The maximum atomic E-state index is 5.56. The smallest absolute Gasteiger partial charge is 0.128 e. The molecule has 0 saturated carbocycles. The van der Waals surface area contributed by atoms with Crippen molar-refractivity contribution in [1.29, 1.82) is 0 Å². The Morgan fingerprint density at radius 2 is 2.56 bits per heavy atom. The summed E-state index contributed by atoms with van der Waals surface area (Å²) in [6.07, 6.45) is 1.66. The molecule has 0 aromatic heterocycles. The van der Waals surface area contributed by atoms with Gasteiger partial charge in [-0.3, -0.25) is 0 Å². The summed E-state index contributed by atoms with van der Waals surface area (Å²) in [5.74, 6) is 5.38. The van der Waals surface area contributed by atoms with Crippen LogP contribution in [-0.2, 0) is 0 Å². The van der Waals surface area contributed by atoms with Gasteiger partial charge in [0.1, 0.15) is 9.78 Å². The zero-order chi connectivity index (χ0) is 6.85. The van der Waals surface area contributed by atoms with Crippen molar-refractivity contribution in [3.8, 4) is 0 Å². The summed E-state index contributed by atoms with van der Waals surface area (Å²) in [6, 6.07) is 0. The first-order valence-corrected chi connectivity index (χ1v) is 3.47. The lowest BCUT2D eigenvalue weighted by Gasteiger charge is -2.15. The minimum atomic E-state index is 0.483. The zero-order valence-electron chi connectivity index (χ0n) is 4.51. The van der Waals surface area contributed by atoms with E-state index in [4.69, 9.17) is 17.4 Å². The number of aliphatic imine (C=N–C) groups is 1. The van der Waals surface area contributed by atoms with Crippen LogP contribution in [0.4, 0.5) is 0 Å². The summed E-state index contributed by atoms with van der Waals surface area (Å²) >= 11 is 8.70. The van der Waals surface area contributed by atoms with Gasteiger partial charge >= 0.3 is 0 Å². The first-order valence-electron chi connectivity index (χ1n) is 2.30. The van der Waals surface area contributed by atoms with Crippen LogP contribution < -0.4 is 5.84 Å². The molecule has 3 nitrogen and oxygen atoms in total. The van der Waals surface area contributed by atoms with Crippen LogP contribution in [0.2, 0.25) is 0 Å². The third-order valence-corrected chi connectivity index (χ3v) is 1.40. The highest BCUT2D eigenvalue weighted by molar-refractivity contribution is 9.11. The van der Waals surface area contributed by atoms with Gasteiger partial charge in [-0.1, -0.05) is 11.6 Å². The number of rotatable bonds is 0. The quantitative estimate of drug-likeness (QED) is 0.479. The Kier molecular flexibility index (Phi) is 2.10. The minimum absolute atomic E-state index is 0.483. The molecule has 50 valence electrons. The molecule has 0 amide bonds. The Balaban J connectivity index is 2.74. The van der Waals surface area contributed by atoms with E-state index >= 15 is 0 Å². The van der Waals surface area contributed by atoms with Crippen molar-refractivity contribution in [3.63, 3.8) is 0 Å². The van der Waals surface area contributed by atoms with Crippen LogP contribution in [0.15, 0.2) is 15.8 Å². The maximum absolute atomic E-state index is 5.56. The predicted molar refractivity (Wildman–Crippen MR) is 41.2 cm³/mol. The van der Waals surface area contributed by atoms with E-state index in [0.29, 0.717) is 16.3 Å². The zero-order valence-corrected chi connectivity index (χ0v) is 6.85. The Labute approximate surface area is 66.3 Å². The van der Waals surface area contributed by atoms with E-state index < -0.39 is 0 Å². The molecule has 1 rings (SSSR count). The number of nitrogens with zero attached hydrogens (tertiary/aromatic N) is 2. The molecule has 0 unspecified atom stereocenters. The van der Waals surface area contributed by atoms with Gasteiger partial charge in [-0.25, -0.2) is 10.8 Å². The molecule has 1 heterocycles. The van der Waals surface area contributed by atoms with Gasteiger partial charge in [-0.15, -0.1) is 0 Å². The lowest BCUT2D eigenvalue weighted by molar-refractivity contribution is 0.446. The van der Waals surface area contributed by atoms with Gasteiger partial charge in [0.15, 0.2) is 0 Å². The van der Waals surface area contributed by atoms with Gasteiger partial charge in [-0.05, 0) is 15.9 Å². The van der Waals surface area contributed by atoms with Crippen LogP contribution in [0.25, 0.3) is 0 Å². The molecule has 0 fully saturated rings. The summed E-state index contributed by atoms with van der Waals surface area (Å²) in [5.41, 5.74) is 0. The van der Waals surface area contributed by atoms with Crippen LogP contribution in [0.3, 0.4) is 0 Å². The second-order valence-corrected chi connectivity index (χ2v) is 2.86. The molecule has 1 aliphatic heterocycles. The standard InChI is InChI=1S/C4H5BrClN3/c5-3-1-9(7)2-4(6)8-3/h1H,2,7H2. The predicted octanol–water partition coefficient (Wildman–Crippen LogP) is 1.01. The van der Waals surface area contributed by atoms with Crippen molar-refractivity contribution >= 4 is 32.7 Å². The van der Waals surface area contributed by atoms with E-state index in [1.165, 1.54) is 5.01 Å². The summed E-state index contributed by atoms with van der Waals surface area (Å²) in [4.78, 5) is 3.87. The molecule has 0 spiro atoms. The van der Waals surface area contributed by atoms with Crippen LogP contribution in [-0.4, -0.2) is 16.7 Å². The van der Waals surface area contributed by atoms with Gasteiger partial charge in [0.2, 0.25) is 0 Å². The van der Waals surface area contributed by atoms with E-state index in [-0.39, 0.29) is 0 Å². The fourth-order valence-electron chi connectivity index (χ4n) is 0.513. The van der Waals surface area contributed by atoms with Crippen LogP contribution >= 0.6 is 27.5 Å². The first kappa shape index (κ1) is 7.05. The summed E-state index contributed by atoms with van der Waals surface area (Å²) in [6.45, 7) is 0.483. The third kappa shape index (κ3) is 1.97. The Morgan fingerprint density at radius 3 is 3.00 bits per heavy atom. The molecule has 0 atom stereocenters. The lowest BCUT2D eigenvalue weighted by Crippen LogP contribution is -2.31. The molecule has 1 aliphatic rings. The molecular weight excluding hydrogens is 205 g/mol. The molecule has 0 radical (unpaired) electrons. The number of hydrogen-bond donors (Lipinski definition) is 1. The Bertz CT molecular complexity index is 177. The monoisotopic (exact) mass is 209 g/mol. The van der Waals surface area contributed by atoms with Crippen molar-refractivity contribution in [2.75, 3.05) is 6.54 Å². The van der Waals surface area contributed by atoms with Crippen molar-refractivity contribution in [1.82, 2.24) is 5.01 Å². The Morgan fingerprint density at radius 1 is 1.89 bits per heavy atom. The summed E-state index contributed by atoms with van der Waals surface area (Å²) in [7, 11) is 0. The number of hydrogen-bond acceptors (Lipinski definition) is 3. The average Bonchev–Trinajstić information content (AvgIpc) is 1.59. The van der Waals surface area contributed by atoms with Gasteiger partial charge < -0.3 is 5.01 Å². The minimum Gasteiger partial charge on any atom is -0.309 e. The molecule has 2 N–H and O–H groups in total. The fourth-order valence-corrected chi connectivity index (χ4v) is 1.32. The largest absolute Gasteiger partial charge is 0.309 e. The molecule has 5 heteroatoms. The second kappa shape index (κ2) is 2.68. The normalized spacial score (nSPS) is 19.2. The highest BCUT2D eigenvalue weighted by atomic mass is 79.9. The molecule has 0 aliphatic carbocycles. The van der Waals surface area contributed by atoms with E-state index in [1.54, 1.807) is 6.20 Å². The molecular formula is C4H5BrClN3. The number of hydrazine groups is 1. The lowest BCUT2D eigenvalue weighted by atomic mass is 10.6. The molecule has 0 aromatic carbocycles. The Hall–Kier alpha value is -0.0600. The average molecular weight is 210 g/mol. The number of halogens is 2. The van der Waals surface area contributed by atoms with E-state index in [9.17, 15) is 0 Å². The van der Waals surface area contributed by atoms with Crippen molar-refractivity contribution in [2.45, 2.75) is 0 Å². The van der Waals surface area contributed by atoms with E-state index in [2.05, 4.69) is 20.9 Å². The highest BCUT2D eigenvalue weighted by Gasteiger charge is 2.05. The van der Waals surface area contributed by atoms with Crippen molar-refractivity contribution in [2.24, 2.45) is 10.8 Å². The maximum Gasteiger partial charge on any atom is 0.128 e. The van der Waals surface area contributed by atoms with Gasteiger partial charge in [0.25, 0.3) is 0 Å². The van der Waals surface area contributed by atoms with Crippen molar-refractivity contribution < 1.29 is 0 Å². The van der Waals surface area contributed by atoms with Crippen LogP contribution in [0.5, 0.6) is 0 Å². The van der Waals surface area contributed by atoms with Gasteiger partial charge in [0, 0.05) is 6.20 Å². The number of nitrogens with two attached hydrogens (primary N) is 1. The topological polar surface area (TPSA) is 41.6 Å². The van der Waals surface area contributed by atoms with E-state index in [0.717, 1.165) is 0 Å². The molecule has 0 saturated heterocycles. The molecule has 0 aromatic rings. The van der Waals surface area contributed by atoms with Gasteiger partial charge in [0.05, 0.1) is 6.54 Å². The van der Waals surface area contributed by atoms with Gasteiger partial charge in [-0.2, -0.15) is 0 Å². The molecule has 9 heavy (non-hydrogen) atoms. The highest BCUT2D eigenvalue weighted by Crippen LogP contribution is 2.12. The van der Waals surface area contributed by atoms with E-state index in [1.807, 2.05) is 0 Å². The van der Waals surface area contributed by atoms with Crippen LogP contribution in [0.1, 0.15) is 0 Å². The first-order chi connectivity index (χ1) is 4.18. The fraction of sp³-hybridized carbons (Fsp3) is 0.250. The third-order valence-electron chi connectivity index (χ3n) is 0.814. The van der Waals surface area contributed by atoms with Crippen LogP contribution in [0, 0.1) is 0 Å². The second-order valence-electron chi connectivity index (χ2n) is 1.61. The van der Waals surface area contributed by atoms with Crippen molar-refractivity contribution in [3.05, 3.63) is 10.8 Å².